The fourth-order valence-corrected chi connectivity index (χ4v) is 2.72. The molecule has 0 spiro atoms. The third kappa shape index (κ3) is 3.95. The minimum absolute atomic E-state index is 0.256. The summed E-state index contributed by atoms with van der Waals surface area (Å²) in [4.78, 5) is 14.3. The van der Waals surface area contributed by atoms with Gasteiger partial charge in [0.25, 0.3) is 0 Å². The lowest BCUT2D eigenvalue weighted by molar-refractivity contribution is -0.132. The Morgan fingerprint density at radius 2 is 2.16 bits per heavy atom. The number of aryl methyl sites for hydroxylation is 1. The van der Waals surface area contributed by atoms with Gasteiger partial charge in [-0.15, -0.1) is 0 Å². The second kappa shape index (κ2) is 6.92. The number of nitrogens with zero attached hydrogens (tertiary/aromatic N) is 1. The monoisotopic (exact) mass is 280 g/mol. The number of carbonyl (C=O) groups excluding carboxylic acids is 1. The molecule has 0 radical (unpaired) electrons. The molecule has 0 saturated carbocycles. The number of amides is 1. The Kier molecular flexibility index (Phi) is 5.23. The fourth-order valence-electron chi connectivity index (χ4n) is 2.59. The molecule has 1 aliphatic heterocycles. The predicted octanol–water partition coefficient (Wildman–Crippen LogP) is 2.48. The smallest absolute Gasteiger partial charge is 0.223 e. The number of carbonyl (C=O) groups is 1. The van der Waals surface area contributed by atoms with Crippen molar-refractivity contribution in [2.45, 2.75) is 32.2 Å². The van der Waals surface area contributed by atoms with Gasteiger partial charge in [0, 0.05) is 30.6 Å². The van der Waals surface area contributed by atoms with Crippen LogP contribution in [0.25, 0.3) is 0 Å². The lowest BCUT2D eigenvalue weighted by atomic mass is 10.1. The Hall–Kier alpha value is -1.06. The molecule has 3 nitrogen and oxygen atoms in total. The van der Waals surface area contributed by atoms with Crippen molar-refractivity contribution in [2.75, 3.05) is 19.6 Å². The van der Waals surface area contributed by atoms with Crippen LogP contribution in [0.2, 0.25) is 5.02 Å². The maximum absolute atomic E-state index is 12.3. The van der Waals surface area contributed by atoms with E-state index in [1.54, 1.807) is 0 Å². The van der Waals surface area contributed by atoms with E-state index in [4.69, 9.17) is 11.6 Å². The van der Waals surface area contributed by atoms with Crippen LogP contribution in [-0.2, 0) is 11.2 Å². The van der Waals surface area contributed by atoms with E-state index in [1.807, 2.05) is 29.2 Å². The number of rotatable bonds is 5. The molecule has 1 aromatic carbocycles. The number of benzene rings is 1. The highest BCUT2D eigenvalue weighted by molar-refractivity contribution is 6.30. The molecule has 0 aromatic heterocycles. The van der Waals surface area contributed by atoms with Crippen molar-refractivity contribution in [3.05, 3.63) is 34.9 Å². The van der Waals surface area contributed by atoms with Crippen molar-refractivity contribution in [1.82, 2.24) is 10.2 Å². The van der Waals surface area contributed by atoms with Gasteiger partial charge in [0.1, 0.15) is 0 Å². The lowest BCUT2D eigenvalue weighted by Gasteiger charge is -2.27. The molecule has 1 saturated heterocycles. The summed E-state index contributed by atoms with van der Waals surface area (Å²) < 4.78 is 0. The van der Waals surface area contributed by atoms with Crippen molar-refractivity contribution < 1.29 is 4.79 Å². The highest BCUT2D eigenvalue weighted by Gasteiger charge is 2.24. The Bertz CT molecular complexity index is 413. The summed E-state index contributed by atoms with van der Waals surface area (Å²) in [6.07, 6.45) is 2.43. The highest BCUT2D eigenvalue weighted by Crippen LogP contribution is 2.14. The van der Waals surface area contributed by atoms with Crippen LogP contribution < -0.4 is 5.32 Å². The molecule has 1 unspecified atom stereocenters. The largest absolute Gasteiger partial charge is 0.339 e. The normalized spacial score (nSPS) is 18.5. The molecule has 4 heteroatoms. The van der Waals surface area contributed by atoms with Crippen molar-refractivity contribution in [3.8, 4) is 0 Å². The van der Waals surface area contributed by atoms with E-state index in [-0.39, 0.29) is 5.91 Å². The molecular formula is C15H21ClN2O. The molecule has 1 fully saturated rings. The number of hydrogen-bond donors (Lipinski definition) is 1. The topological polar surface area (TPSA) is 32.3 Å². The van der Waals surface area contributed by atoms with Gasteiger partial charge in [-0.3, -0.25) is 4.79 Å². The van der Waals surface area contributed by atoms with Crippen molar-refractivity contribution in [3.63, 3.8) is 0 Å². The Labute approximate surface area is 119 Å². The average molecular weight is 281 g/mol. The van der Waals surface area contributed by atoms with Crippen LogP contribution in [0, 0.1) is 0 Å². The van der Waals surface area contributed by atoms with E-state index >= 15 is 0 Å². The van der Waals surface area contributed by atoms with E-state index < -0.39 is 0 Å². The molecule has 1 heterocycles. The molecule has 19 heavy (non-hydrogen) atoms. The van der Waals surface area contributed by atoms with E-state index in [9.17, 15) is 4.79 Å². The van der Waals surface area contributed by atoms with Gasteiger partial charge < -0.3 is 10.2 Å². The fraction of sp³-hybridized carbons (Fsp3) is 0.533. The van der Waals surface area contributed by atoms with Crippen LogP contribution in [0.15, 0.2) is 24.3 Å². The third-order valence-corrected chi connectivity index (χ3v) is 3.93. The van der Waals surface area contributed by atoms with E-state index in [1.165, 1.54) is 5.56 Å². The molecule has 1 amide bonds. The molecule has 0 bridgehead atoms. The number of nitrogens with one attached hydrogen (secondary N) is 1. The Morgan fingerprint density at radius 1 is 1.42 bits per heavy atom. The van der Waals surface area contributed by atoms with Crippen LogP contribution in [-0.4, -0.2) is 36.5 Å². The average Bonchev–Trinajstić information content (AvgIpc) is 2.93. The highest BCUT2D eigenvalue weighted by atomic mass is 35.5. The molecule has 104 valence electrons. The van der Waals surface area contributed by atoms with Crippen molar-refractivity contribution in [1.29, 1.82) is 0 Å². The summed E-state index contributed by atoms with van der Waals surface area (Å²) in [7, 11) is 0. The summed E-state index contributed by atoms with van der Waals surface area (Å²) in [5.74, 6) is 0.256. The van der Waals surface area contributed by atoms with Crippen molar-refractivity contribution in [2.24, 2.45) is 0 Å². The maximum Gasteiger partial charge on any atom is 0.223 e. The summed E-state index contributed by atoms with van der Waals surface area (Å²) in [6.45, 7) is 4.80. The maximum atomic E-state index is 12.3. The second-order valence-electron chi connectivity index (χ2n) is 4.95. The molecule has 0 aliphatic carbocycles. The summed E-state index contributed by atoms with van der Waals surface area (Å²) in [6, 6.07) is 8.11. The van der Waals surface area contributed by atoms with E-state index in [0.717, 1.165) is 37.5 Å². The van der Waals surface area contributed by atoms with Crippen LogP contribution in [0.3, 0.4) is 0 Å². The van der Waals surface area contributed by atoms with E-state index in [2.05, 4.69) is 12.2 Å². The van der Waals surface area contributed by atoms with E-state index in [0.29, 0.717) is 12.5 Å². The predicted molar refractivity (Wildman–Crippen MR) is 78.4 cm³/mol. The van der Waals surface area contributed by atoms with Crippen LogP contribution in [0.4, 0.5) is 0 Å². The van der Waals surface area contributed by atoms with Crippen LogP contribution in [0.1, 0.15) is 25.3 Å². The van der Waals surface area contributed by atoms with Gasteiger partial charge in [-0.2, -0.15) is 0 Å². The third-order valence-electron chi connectivity index (χ3n) is 3.68. The molecule has 1 aromatic rings. The summed E-state index contributed by atoms with van der Waals surface area (Å²) >= 11 is 5.85. The first-order valence-corrected chi connectivity index (χ1v) is 7.33. The van der Waals surface area contributed by atoms with Gasteiger partial charge in [0.2, 0.25) is 5.91 Å². The van der Waals surface area contributed by atoms with Crippen LogP contribution >= 0.6 is 11.6 Å². The number of halogens is 1. The van der Waals surface area contributed by atoms with Gasteiger partial charge in [0.15, 0.2) is 0 Å². The zero-order chi connectivity index (χ0) is 13.7. The van der Waals surface area contributed by atoms with Gasteiger partial charge in [0.05, 0.1) is 0 Å². The molecule has 2 rings (SSSR count). The Morgan fingerprint density at radius 3 is 2.74 bits per heavy atom. The first-order valence-electron chi connectivity index (χ1n) is 6.95. The first kappa shape index (κ1) is 14.4. The SMILES string of the molecule is CCN(C(=O)CCc1ccc(Cl)cc1)C1CCNC1. The Balaban J connectivity index is 1.86. The first-order chi connectivity index (χ1) is 9.20. The van der Waals surface area contributed by atoms with Crippen LogP contribution in [0.5, 0.6) is 0 Å². The van der Waals surface area contributed by atoms with Crippen molar-refractivity contribution >= 4 is 17.5 Å². The minimum Gasteiger partial charge on any atom is -0.339 e. The zero-order valence-electron chi connectivity index (χ0n) is 11.4. The molecule has 1 aliphatic rings. The number of likely N-dealkylation sites (N-methyl/N-ethyl adjacent to an activating group) is 1. The molecule has 1 atom stereocenters. The van der Waals surface area contributed by atoms with Gasteiger partial charge in [-0.25, -0.2) is 0 Å². The van der Waals surface area contributed by atoms with Gasteiger partial charge in [-0.05, 0) is 44.0 Å². The van der Waals surface area contributed by atoms with Gasteiger partial charge in [-0.1, -0.05) is 23.7 Å². The number of hydrogen-bond acceptors (Lipinski definition) is 2. The molecule has 1 N–H and O–H groups in total. The lowest BCUT2D eigenvalue weighted by Crippen LogP contribution is -2.41. The minimum atomic E-state index is 0.256. The standard InChI is InChI=1S/C15H21ClN2O/c1-2-18(14-9-10-17-11-14)15(19)8-5-12-3-6-13(16)7-4-12/h3-4,6-7,14,17H,2,5,8-11H2,1H3. The summed E-state index contributed by atoms with van der Waals surface area (Å²) in [5.41, 5.74) is 1.17. The second-order valence-corrected chi connectivity index (χ2v) is 5.39. The van der Waals surface area contributed by atoms with Gasteiger partial charge >= 0.3 is 0 Å². The zero-order valence-corrected chi connectivity index (χ0v) is 12.1. The quantitative estimate of drug-likeness (QED) is 0.899. The summed E-state index contributed by atoms with van der Waals surface area (Å²) in [5, 5.41) is 4.05. The molecular weight excluding hydrogens is 260 g/mol.